The first-order valence-electron chi connectivity index (χ1n) is 6.23. The van der Waals surface area contributed by atoms with E-state index in [1.807, 2.05) is 6.92 Å². The van der Waals surface area contributed by atoms with Gasteiger partial charge in [0.25, 0.3) is 0 Å². The van der Waals surface area contributed by atoms with Crippen LogP contribution in [0.3, 0.4) is 0 Å². The predicted octanol–water partition coefficient (Wildman–Crippen LogP) is -0.837. The molecule has 0 radical (unpaired) electrons. The van der Waals surface area contributed by atoms with Crippen LogP contribution in [0.2, 0.25) is 0 Å². The zero-order valence-electron chi connectivity index (χ0n) is 11.1. The summed E-state index contributed by atoms with van der Waals surface area (Å²) >= 11 is 0. The Morgan fingerprint density at radius 2 is 2.17 bits per heavy atom. The number of hydrogen-bond acceptors (Lipinski definition) is 5. The molecule has 0 saturated carbocycles. The van der Waals surface area contributed by atoms with E-state index >= 15 is 0 Å². The van der Waals surface area contributed by atoms with Crippen molar-refractivity contribution in [3.63, 3.8) is 0 Å². The molecule has 0 aromatic rings. The summed E-state index contributed by atoms with van der Waals surface area (Å²) in [4.78, 5) is 11.1. The van der Waals surface area contributed by atoms with E-state index in [1.165, 1.54) is 13.8 Å². The van der Waals surface area contributed by atoms with Gasteiger partial charge < -0.3 is 25.4 Å². The summed E-state index contributed by atoms with van der Waals surface area (Å²) in [5, 5.41) is 32.2. The minimum Gasteiger partial charge on any atom is -0.396 e. The summed E-state index contributed by atoms with van der Waals surface area (Å²) < 4.78 is 5.59. The van der Waals surface area contributed by atoms with E-state index in [0.29, 0.717) is 6.42 Å². The SMILES string of the molecule is CC(=O)NC1C[C@@H](C)OC(CCO)[C@H](O)C1(C)O. The quantitative estimate of drug-likeness (QED) is 0.531. The van der Waals surface area contributed by atoms with Gasteiger partial charge >= 0.3 is 0 Å². The maximum absolute atomic E-state index is 11.1. The van der Waals surface area contributed by atoms with Gasteiger partial charge in [-0.2, -0.15) is 0 Å². The average Bonchev–Trinajstić information content (AvgIpc) is 2.31. The summed E-state index contributed by atoms with van der Waals surface area (Å²) in [6, 6.07) is -0.580. The van der Waals surface area contributed by atoms with Gasteiger partial charge in [-0.15, -0.1) is 0 Å². The van der Waals surface area contributed by atoms with Crippen molar-refractivity contribution >= 4 is 5.91 Å². The number of rotatable bonds is 3. The van der Waals surface area contributed by atoms with Crippen LogP contribution in [0.15, 0.2) is 0 Å². The van der Waals surface area contributed by atoms with Crippen molar-refractivity contribution in [1.29, 1.82) is 0 Å². The number of aliphatic hydroxyl groups is 3. The van der Waals surface area contributed by atoms with E-state index in [0.717, 1.165) is 0 Å². The van der Waals surface area contributed by atoms with Crippen LogP contribution < -0.4 is 5.32 Å². The summed E-state index contributed by atoms with van der Waals surface area (Å²) in [6.07, 6.45) is -1.37. The molecule has 1 heterocycles. The largest absolute Gasteiger partial charge is 0.396 e. The van der Waals surface area contributed by atoms with E-state index in [4.69, 9.17) is 9.84 Å². The lowest BCUT2D eigenvalue weighted by Gasteiger charge is -2.36. The number of aliphatic hydroxyl groups excluding tert-OH is 2. The lowest BCUT2D eigenvalue weighted by Crippen LogP contribution is -2.59. The Kier molecular flexibility index (Phi) is 5.10. The zero-order chi connectivity index (χ0) is 13.9. The number of carbonyl (C=O) groups excluding carboxylic acids is 1. The maximum Gasteiger partial charge on any atom is 0.217 e. The average molecular weight is 261 g/mol. The van der Waals surface area contributed by atoms with Crippen LogP contribution in [0.5, 0.6) is 0 Å². The highest BCUT2D eigenvalue weighted by Gasteiger charge is 2.47. The highest BCUT2D eigenvalue weighted by molar-refractivity contribution is 5.73. The molecule has 1 aliphatic rings. The molecular formula is C12H23NO5. The van der Waals surface area contributed by atoms with Crippen LogP contribution in [0.4, 0.5) is 0 Å². The molecule has 5 atom stereocenters. The normalized spacial score (nSPS) is 41.2. The van der Waals surface area contributed by atoms with Crippen molar-refractivity contribution in [1.82, 2.24) is 5.32 Å². The minimum atomic E-state index is -1.49. The first-order valence-corrected chi connectivity index (χ1v) is 6.23. The van der Waals surface area contributed by atoms with E-state index in [9.17, 15) is 15.0 Å². The third-order valence-electron chi connectivity index (χ3n) is 3.42. The fraction of sp³-hybridized carbons (Fsp3) is 0.917. The molecule has 6 heteroatoms. The first-order chi connectivity index (χ1) is 8.28. The Morgan fingerprint density at radius 1 is 1.56 bits per heavy atom. The molecule has 1 fully saturated rings. The van der Waals surface area contributed by atoms with Crippen LogP contribution in [0.25, 0.3) is 0 Å². The molecule has 0 aromatic carbocycles. The summed E-state index contributed by atoms with van der Waals surface area (Å²) in [6.45, 7) is 4.52. The Labute approximate surface area is 107 Å². The number of amides is 1. The summed E-state index contributed by atoms with van der Waals surface area (Å²) in [7, 11) is 0. The van der Waals surface area contributed by atoms with Gasteiger partial charge in [0, 0.05) is 13.5 Å². The van der Waals surface area contributed by atoms with Crippen molar-refractivity contribution in [2.24, 2.45) is 0 Å². The minimum absolute atomic E-state index is 0.130. The van der Waals surface area contributed by atoms with Crippen molar-refractivity contribution in [3.05, 3.63) is 0 Å². The molecule has 4 N–H and O–H groups in total. The molecule has 6 nitrogen and oxygen atoms in total. The molecule has 0 aliphatic carbocycles. The second-order valence-corrected chi connectivity index (χ2v) is 5.16. The summed E-state index contributed by atoms with van der Waals surface area (Å²) in [5.41, 5.74) is -1.49. The van der Waals surface area contributed by atoms with Gasteiger partial charge in [0.05, 0.1) is 18.2 Å². The molecule has 1 saturated heterocycles. The van der Waals surface area contributed by atoms with E-state index in [-0.39, 0.29) is 25.0 Å². The molecule has 1 amide bonds. The van der Waals surface area contributed by atoms with Crippen LogP contribution >= 0.6 is 0 Å². The van der Waals surface area contributed by atoms with E-state index in [2.05, 4.69) is 5.32 Å². The lowest BCUT2D eigenvalue weighted by atomic mass is 9.85. The number of nitrogens with one attached hydrogen (secondary N) is 1. The van der Waals surface area contributed by atoms with Gasteiger partial charge in [-0.05, 0) is 26.7 Å². The zero-order valence-corrected chi connectivity index (χ0v) is 11.1. The third kappa shape index (κ3) is 3.41. The fourth-order valence-electron chi connectivity index (χ4n) is 2.38. The highest BCUT2D eigenvalue weighted by atomic mass is 16.5. The second-order valence-electron chi connectivity index (χ2n) is 5.16. The van der Waals surface area contributed by atoms with Gasteiger partial charge in [-0.25, -0.2) is 0 Å². The Hall–Kier alpha value is -0.690. The highest BCUT2D eigenvalue weighted by Crippen LogP contribution is 2.29. The first kappa shape index (κ1) is 15.4. The van der Waals surface area contributed by atoms with Crippen LogP contribution in [-0.2, 0) is 9.53 Å². The number of hydrogen-bond donors (Lipinski definition) is 4. The number of carbonyl (C=O) groups is 1. The standard InChI is InChI=1S/C12H23NO5/c1-7-6-10(13-8(2)15)12(3,17)11(16)9(18-7)4-5-14/h7,9-11,14,16-17H,4-6H2,1-3H3,(H,13,15)/t7-,9?,10?,11+,12?/m1/s1. The lowest BCUT2D eigenvalue weighted by molar-refractivity contribution is -0.141. The topological polar surface area (TPSA) is 99.0 Å². The second kappa shape index (κ2) is 5.97. The molecule has 1 aliphatic heterocycles. The van der Waals surface area contributed by atoms with Crippen LogP contribution in [-0.4, -0.2) is 57.8 Å². The number of ether oxygens (including phenoxy) is 1. The third-order valence-corrected chi connectivity index (χ3v) is 3.42. The van der Waals surface area contributed by atoms with Crippen molar-refractivity contribution < 1.29 is 24.9 Å². The molecule has 0 aromatic heterocycles. The Morgan fingerprint density at radius 3 is 2.67 bits per heavy atom. The van der Waals surface area contributed by atoms with Crippen molar-refractivity contribution in [3.8, 4) is 0 Å². The predicted molar refractivity (Wildman–Crippen MR) is 64.9 cm³/mol. The molecule has 0 bridgehead atoms. The molecule has 1 rings (SSSR count). The molecular weight excluding hydrogens is 238 g/mol. The summed E-state index contributed by atoms with van der Waals surface area (Å²) in [5.74, 6) is -0.264. The molecule has 18 heavy (non-hydrogen) atoms. The van der Waals surface area contributed by atoms with Gasteiger partial charge in [-0.1, -0.05) is 0 Å². The van der Waals surface area contributed by atoms with Gasteiger partial charge in [-0.3, -0.25) is 4.79 Å². The van der Waals surface area contributed by atoms with Gasteiger partial charge in [0.2, 0.25) is 5.91 Å². The smallest absolute Gasteiger partial charge is 0.217 e. The van der Waals surface area contributed by atoms with Gasteiger partial charge in [0.15, 0.2) is 0 Å². The Balaban J connectivity index is 2.92. The van der Waals surface area contributed by atoms with Gasteiger partial charge in [0.1, 0.15) is 11.7 Å². The van der Waals surface area contributed by atoms with E-state index < -0.39 is 23.9 Å². The van der Waals surface area contributed by atoms with E-state index in [1.54, 1.807) is 0 Å². The van der Waals surface area contributed by atoms with Crippen LogP contribution in [0.1, 0.15) is 33.6 Å². The molecule has 0 spiro atoms. The van der Waals surface area contributed by atoms with Crippen molar-refractivity contribution in [2.75, 3.05) is 6.61 Å². The van der Waals surface area contributed by atoms with Crippen molar-refractivity contribution in [2.45, 2.75) is 63.6 Å². The fourth-order valence-corrected chi connectivity index (χ4v) is 2.38. The molecule has 106 valence electrons. The maximum atomic E-state index is 11.1. The monoisotopic (exact) mass is 261 g/mol. The Bertz CT molecular complexity index is 294. The van der Waals surface area contributed by atoms with Crippen LogP contribution in [0, 0.1) is 0 Å². The molecule has 3 unspecified atom stereocenters.